The van der Waals surface area contributed by atoms with Gasteiger partial charge in [0, 0.05) is 0 Å². The summed E-state index contributed by atoms with van der Waals surface area (Å²) in [7, 11) is 0. The average Bonchev–Trinajstić information content (AvgIpc) is 2.38. The van der Waals surface area contributed by atoms with Crippen LogP contribution in [0.1, 0.15) is 37.7 Å². The van der Waals surface area contributed by atoms with Gasteiger partial charge in [-0.15, -0.1) is 0 Å². The van der Waals surface area contributed by atoms with Crippen molar-refractivity contribution in [3.8, 4) is 5.75 Å². The van der Waals surface area contributed by atoms with E-state index in [1.165, 1.54) is 6.07 Å². The number of hydrogen-bond acceptors (Lipinski definition) is 2. The number of hydrogen-bond donors (Lipinski definition) is 1. The summed E-state index contributed by atoms with van der Waals surface area (Å²) < 4.78 is 44.9. The largest absolute Gasteiger partial charge is 0.483 e. The van der Waals surface area contributed by atoms with E-state index in [1.807, 2.05) is 0 Å². The molecule has 1 aliphatic carbocycles. The van der Waals surface area contributed by atoms with Crippen LogP contribution in [0.2, 0.25) is 0 Å². The maximum atomic E-state index is 13.0. The first-order valence-corrected chi connectivity index (χ1v) is 6.63. The van der Waals surface area contributed by atoms with E-state index in [2.05, 4.69) is 5.32 Å². The number of anilines is 1. The molecule has 0 atom stereocenters. The number of para-hydroxylation sites is 1. The summed E-state index contributed by atoms with van der Waals surface area (Å²) in [5.41, 5.74) is -0.680. The zero-order valence-electron chi connectivity index (χ0n) is 10.5. The molecule has 0 amide bonds. The van der Waals surface area contributed by atoms with Crippen molar-refractivity contribution in [3.05, 3.63) is 23.8 Å². The third-order valence-electron chi connectivity index (χ3n) is 4.00. The number of benzene rings is 1. The second kappa shape index (κ2) is 4.32. The van der Waals surface area contributed by atoms with Crippen molar-refractivity contribution in [2.75, 3.05) is 11.9 Å². The van der Waals surface area contributed by atoms with Gasteiger partial charge in [0.15, 0.2) is 5.75 Å². The van der Waals surface area contributed by atoms with Gasteiger partial charge in [-0.1, -0.05) is 12.5 Å². The third-order valence-corrected chi connectivity index (χ3v) is 4.00. The lowest BCUT2D eigenvalue weighted by molar-refractivity contribution is -0.140. The molecule has 1 aromatic carbocycles. The molecule has 19 heavy (non-hydrogen) atoms. The predicted octanol–water partition coefficient (Wildman–Crippen LogP) is 4.21. The van der Waals surface area contributed by atoms with Crippen LogP contribution >= 0.6 is 0 Å². The van der Waals surface area contributed by atoms with Crippen molar-refractivity contribution >= 4 is 5.69 Å². The van der Waals surface area contributed by atoms with Crippen molar-refractivity contribution in [2.45, 2.75) is 43.9 Å². The first kappa shape index (κ1) is 12.6. The lowest BCUT2D eigenvalue weighted by atomic mass is 9.83. The normalized spacial score (nSPS) is 21.4. The van der Waals surface area contributed by atoms with Gasteiger partial charge >= 0.3 is 6.18 Å². The molecule has 0 radical (unpaired) electrons. The van der Waals surface area contributed by atoms with Crippen LogP contribution in [0.4, 0.5) is 18.9 Å². The van der Waals surface area contributed by atoms with Crippen molar-refractivity contribution in [3.63, 3.8) is 0 Å². The second-order valence-electron chi connectivity index (χ2n) is 5.38. The minimum Gasteiger partial charge on any atom is -0.483 e. The van der Waals surface area contributed by atoms with E-state index in [4.69, 9.17) is 4.74 Å². The molecule has 0 aromatic heterocycles. The molecule has 1 fully saturated rings. The molecular formula is C14H16F3NO. The van der Waals surface area contributed by atoms with Gasteiger partial charge in [0.1, 0.15) is 5.60 Å². The third kappa shape index (κ3) is 2.26. The van der Waals surface area contributed by atoms with Gasteiger partial charge in [-0.05, 0) is 37.8 Å². The SMILES string of the molecule is FC(F)(F)c1cccc2c1OC1(CCCCC1)CN2. The van der Waals surface area contributed by atoms with E-state index < -0.39 is 17.3 Å². The highest BCUT2D eigenvalue weighted by Crippen LogP contribution is 2.46. The fraction of sp³-hybridized carbons (Fsp3) is 0.571. The van der Waals surface area contributed by atoms with Crippen LogP contribution in [0.5, 0.6) is 5.75 Å². The number of fused-ring (bicyclic) bond motifs is 1. The molecule has 2 nitrogen and oxygen atoms in total. The molecular weight excluding hydrogens is 255 g/mol. The molecule has 3 rings (SSSR count). The maximum absolute atomic E-state index is 13.0. The molecule has 2 aliphatic rings. The number of nitrogens with one attached hydrogen (secondary N) is 1. The number of ether oxygens (including phenoxy) is 1. The summed E-state index contributed by atoms with van der Waals surface area (Å²) in [5, 5.41) is 3.11. The van der Waals surface area contributed by atoms with E-state index in [-0.39, 0.29) is 5.75 Å². The Balaban J connectivity index is 1.98. The maximum Gasteiger partial charge on any atom is 0.420 e. The lowest BCUT2D eigenvalue weighted by Gasteiger charge is -2.42. The van der Waals surface area contributed by atoms with E-state index >= 15 is 0 Å². The number of alkyl halides is 3. The summed E-state index contributed by atoms with van der Waals surface area (Å²) in [6, 6.07) is 4.14. The zero-order chi connectivity index (χ0) is 13.5. The molecule has 1 aliphatic heterocycles. The Morgan fingerprint density at radius 3 is 2.53 bits per heavy atom. The van der Waals surface area contributed by atoms with Gasteiger partial charge in [-0.3, -0.25) is 0 Å². The topological polar surface area (TPSA) is 21.3 Å². The minimum atomic E-state index is -4.37. The Hall–Kier alpha value is -1.39. The highest BCUT2D eigenvalue weighted by atomic mass is 19.4. The van der Waals surface area contributed by atoms with Crippen LogP contribution < -0.4 is 10.1 Å². The standard InChI is InChI=1S/C14H16F3NO/c15-14(16,17)10-5-4-6-11-12(10)19-13(9-18-11)7-2-1-3-8-13/h4-6,18H,1-3,7-9H2. The Bertz CT molecular complexity index is 478. The van der Waals surface area contributed by atoms with Crippen LogP contribution in [-0.2, 0) is 6.18 Å². The fourth-order valence-electron chi connectivity index (χ4n) is 2.99. The first-order chi connectivity index (χ1) is 9.00. The van der Waals surface area contributed by atoms with Gasteiger partial charge in [0.2, 0.25) is 0 Å². The Morgan fingerprint density at radius 2 is 1.84 bits per heavy atom. The first-order valence-electron chi connectivity index (χ1n) is 6.63. The van der Waals surface area contributed by atoms with Gasteiger partial charge in [0.05, 0.1) is 17.8 Å². The van der Waals surface area contributed by atoms with Crippen molar-refractivity contribution in [2.24, 2.45) is 0 Å². The zero-order valence-corrected chi connectivity index (χ0v) is 10.5. The molecule has 0 bridgehead atoms. The summed E-state index contributed by atoms with van der Waals surface area (Å²) in [6.07, 6.45) is 0.451. The van der Waals surface area contributed by atoms with Crippen molar-refractivity contribution in [1.29, 1.82) is 0 Å². The second-order valence-corrected chi connectivity index (χ2v) is 5.38. The lowest BCUT2D eigenvalue weighted by Crippen LogP contribution is -2.47. The summed E-state index contributed by atoms with van der Waals surface area (Å²) >= 11 is 0. The quantitative estimate of drug-likeness (QED) is 0.763. The highest BCUT2D eigenvalue weighted by molar-refractivity contribution is 5.63. The van der Waals surface area contributed by atoms with Crippen molar-refractivity contribution < 1.29 is 17.9 Å². The molecule has 5 heteroatoms. The molecule has 1 heterocycles. The van der Waals surface area contributed by atoms with Crippen LogP contribution in [0.15, 0.2) is 18.2 Å². The molecule has 1 N–H and O–H groups in total. The fourth-order valence-corrected chi connectivity index (χ4v) is 2.99. The summed E-state index contributed by atoms with van der Waals surface area (Å²) in [4.78, 5) is 0. The van der Waals surface area contributed by atoms with E-state index in [0.717, 1.165) is 38.2 Å². The van der Waals surface area contributed by atoms with Gasteiger partial charge in [-0.25, -0.2) is 0 Å². The molecule has 0 saturated heterocycles. The monoisotopic (exact) mass is 271 g/mol. The number of halogens is 3. The molecule has 1 aromatic rings. The van der Waals surface area contributed by atoms with Crippen LogP contribution in [0.3, 0.4) is 0 Å². The number of rotatable bonds is 0. The van der Waals surface area contributed by atoms with Crippen LogP contribution in [0, 0.1) is 0 Å². The van der Waals surface area contributed by atoms with E-state index in [1.54, 1.807) is 6.07 Å². The molecule has 0 unspecified atom stereocenters. The van der Waals surface area contributed by atoms with Gasteiger partial charge in [0.25, 0.3) is 0 Å². The Morgan fingerprint density at radius 1 is 1.11 bits per heavy atom. The summed E-state index contributed by atoms with van der Waals surface area (Å²) in [5.74, 6) is -0.0249. The van der Waals surface area contributed by atoms with Crippen LogP contribution in [0.25, 0.3) is 0 Å². The van der Waals surface area contributed by atoms with Gasteiger partial charge in [-0.2, -0.15) is 13.2 Å². The van der Waals surface area contributed by atoms with Gasteiger partial charge < -0.3 is 10.1 Å². The minimum absolute atomic E-state index is 0.0249. The summed E-state index contributed by atoms with van der Waals surface area (Å²) in [6.45, 7) is 0.599. The molecule has 1 saturated carbocycles. The smallest absolute Gasteiger partial charge is 0.420 e. The Kier molecular flexibility index (Phi) is 2.87. The molecule has 104 valence electrons. The van der Waals surface area contributed by atoms with Crippen LogP contribution in [-0.4, -0.2) is 12.1 Å². The van der Waals surface area contributed by atoms with E-state index in [9.17, 15) is 13.2 Å². The predicted molar refractivity (Wildman–Crippen MR) is 66.4 cm³/mol. The highest BCUT2D eigenvalue weighted by Gasteiger charge is 2.42. The Labute approximate surface area is 109 Å². The van der Waals surface area contributed by atoms with Crippen molar-refractivity contribution in [1.82, 2.24) is 0 Å². The molecule has 1 spiro atoms. The van der Waals surface area contributed by atoms with E-state index in [0.29, 0.717) is 12.2 Å². The average molecular weight is 271 g/mol.